The van der Waals surface area contributed by atoms with Crippen molar-refractivity contribution in [2.24, 2.45) is 5.92 Å². The summed E-state index contributed by atoms with van der Waals surface area (Å²) in [5, 5.41) is 19.2. The molecule has 0 saturated heterocycles. The van der Waals surface area contributed by atoms with Crippen molar-refractivity contribution in [3.05, 3.63) is 89.5 Å². The van der Waals surface area contributed by atoms with E-state index in [-0.39, 0.29) is 48.6 Å². The third kappa shape index (κ3) is 6.05. The molecule has 9 heteroatoms. The summed E-state index contributed by atoms with van der Waals surface area (Å²) < 4.78 is 34.4. The monoisotopic (exact) mass is 547 g/mol. The number of ether oxygens (including phenoxy) is 1. The topological polar surface area (TPSA) is 111 Å². The highest BCUT2D eigenvalue weighted by Crippen LogP contribution is 2.31. The van der Waals surface area contributed by atoms with Crippen LogP contribution in [0.3, 0.4) is 0 Å². The smallest absolute Gasteiger partial charge is 0.254 e. The van der Waals surface area contributed by atoms with Gasteiger partial charge in [0.05, 0.1) is 41.9 Å². The van der Waals surface area contributed by atoms with Gasteiger partial charge in [-0.2, -0.15) is 9.57 Å². The minimum Gasteiger partial charge on any atom is -0.394 e. The second kappa shape index (κ2) is 12.1. The maximum Gasteiger partial charge on any atom is 0.254 e. The second-order valence-electron chi connectivity index (χ2n) is 9.94. The van der Waals surface area contributed by atoms with E-state index in [1.54, 1.807) is 30.0 Å². The fraction of sp³-hybridized carbons (Fsp3) is 0.333. The average molecular weight is 548 g/mol. The molecule has 0 unspecified atom stereocenters. The first-order chi connectivity index (χ1) is 18.7. The number of hydrogen-bond donors (Lipinski definition) is 1. The number of carbonyl (C=O) groups excluding carboxylic acids is 1. The molecule has 0 aromatic heterocycles. The van der Waals surface area contributed by atoms with Crippen LogP contribution in [0.2, 0.25) is 0 Å². The number of aliphatic hydroxyl groups is 1. The molecule has 1 aliphatic heterocycles. The summed E-state index contributed by atoms with van der Waals surface area (Å²) in [6, 6.07) is 22.5. The SMILES string of the molecule is C[C@@H]1CN([C@H](C)CO)C(=O)c2ccccc2-c2ccccc2CO[C@H]1CN(C)S(=O)(=O)c1cccc(C#N)c1. The number of nitrogens with zero attached hydrogens (tertiary/aromatic N) is 3. The van der Waals surface area contributed by atoms with Gasteiger partial charge in [-0.05, 0) is 47.9 Å². The van der Waals surface area contributed by atoms with Crippen LogP contribution in [0.5, 0.6) is 0 Å². The van der Waals surface area contributed by atoms with Crippen molar-refractivity contribution in [2.45, 2.75) is 37.5 Å². The zero-order valence-electron chi connectivity index (χ0n) is 22.3. The van der Waals surface area contributed by atoms with E-state index in [2.05, 4.69) is 0 Å². The van der Waals surface area contributed by atoms with Gasteiger partial charge in [-0.15, -0.1) is 0 Å². The van der Waals surface area contributed by atoms with Crippen molar-refractivity contribution in [1.29, 1.82) is 5.26 Å². The Morgan fingerprint density at radius 2 is 1.74 bits per heavy atom. The van der Waals surface area contributed by atoms with E-state index < -0.39 is 22.2 Å². The van der Waals surface area contributed by atoms with Crippen molar-refractivity contribution in [2.75, 3.05) is 26.7 Å². The molecule has 1 aliphatic rings. The van der Waals surface area contributed by atoms with Gasteiger partial charge in [0.25, 0.3) is 5.91 Å². The van der Waals surface area contributed by atoms with Crippen LogP contribution < -0.4 is 0 Å². The number of nitriles is 1. The van der Waals surface area contributed by atoms with E-state index in [0.29, 0.717) is 5.56 Å². The van der Waals surface area contributed by atoms with Crippen LogP contribution in [-0.4, -0.2) is 67.5 Å². The Bertz CT molecular complexity index is 1480. The minimum atomic E-state index is -3.91. The summed E-state index contributed by atoms with van der Waals surface area (Å²) in [7, 11) is -2.42. The lowest BCUT2D eigenvalue weighted by atomic mass is 9.94. The maximum atomic E-state index is 13.9. The summed E-state index contributed by atoms with van der Waals surface area (Å²) in [5.41, 5.74) is 3.31. The van der Waals surface area contributed by atoms with Crippen molar-refractivity contribution >= 4 is 15.9 Å². The van der Waals surface area contributed by atoms with E-state index in [1.165, 1.54) is 23.5 Å². The molecule has 0 saturated carbocycles. The molecule has 3 aromatic rings. The number of fused-ring (bicyclic) bond motifs is 3. The Labute approximate surface area is 230 Å². The lowest BCUT2D eigenvalue weighted by Crippen LogP contribution is -2.47. The standard InChI is InChI=1S/C30H33N3O5S/c1-21-17-33(22(2)19-34)30(35)28-14-7-6-13-27(28)26-12-5-4-10-24(26)20-38-29(21)18-32(3)39(36,37)25-11-8-9-23(15-25)16-31/h4-15,21-22,29,34H,17-20H2,1-3H3/t21-,22-,29+/m1/s1. The molecule has 3 aromatic carbocycles. The van der Waals surface area contributed by atoms with E-state index >= 15 is 0 Å². The summed E-state index contributed by atoms with van der Waals surface area (Å²) in [6.07, 6.45) is -0.570. The molecule has 1 N–H and O–H groups in total. The summed E-state index contributed by atoms with van der Waals surface area (Å²) in [4.78, 5) is 15.6. The van der Waals surface area contributed by atoms with Gasteiger partial charge in [-0.3, -0.25) is 4.79 Å². The lowest BCUT2D eigenvalue weighted by molar-refractivity contribution is -0.0146. The average Bonchev–Trinajstić information content (AvgIpc) is 2.98. The van der Waals surface area contributed by atoms with Crippen molar-refractivity contribution < 1.29 is 23.1 Å². The number of benzene rings is 3. The molecule has 204 valence electrons. The zero-order chi connectivity index (χ0) is 28.2. The third-order valence-electron chi connectivity index (χ3n) is 7.20. The number of rotatable bonds is 6. The molecule has 39 heavy (non-hydrogen) atoms. The Balaban J connectivity index is 1.73. The van der Waals surface area contributed by atoms with Crippen LogP contribution in [-0.2, 0) is 21.4 Å². The first-order valence-electron chi connectivity index (χ1n) is 12.8. The molecule has 3 atom stereocenters. The lowest BCUT2D eigenvalue weighted by Gasteiger charge is -2.35. The molecule has 8 nitrogen and oxygen atoms in total. The molecule has 1 amide bonds. The first kappa shape index (κ1) is 28.5. The Morgan fingerprint density at radius 3 is 2.44 bits per heavy atom. The van der Waals surface area contributed by atoms with Gasteiger partial charge in [0.1, 0.15) is 0 Å². The molecule has 1 heterocycles. The number of likely N-dealkylation sites (N-methyl/N-ethyl adjacent to an activating group) is 1. The molecule has 0 spiro atoms. The molecular weight excluding hydrogens is 514 g/mol. The van der Waals surface area contributed by atoms with Crippen molar-refractivity contribution in [3.63, 3.8) is 0 Å². The number of amides is 1. The van der Waals surface area contributed by atoms with E-state index in [4.69, 9.17) is 4.74 Å². The highest BCUT2D eigenvalue weighted by atomic mass is 32.2. The van der Waals surface area contributed by atoms with Gasteiger partial charge >= 0.3 is 0 Å². The van der Waals surface area contributed by atoms with Crippen LogP contribution >= 0.6 is 0 Å². The van der Waals surface area contributed by atoms with Crippen molar-refractivity contribution in [3.8, 4) is 17.2 Å². The van der Waals surface area contributed by atoms with Gasteiger partial charge in [0.2, 0.25) is 10.0 Å². The van der Waals surface area contributed by atoms with Gasteiger partial charge in [0, 0.05) is 31.6 Å². The van der Waals surface area contributed by atoms with Crippen molar-refractivity contribution in [1.82, 2.24) is 9.21 Å². The first-order valence-corrected chi connectivity index (χ1v) is 14.3. The Morgan fingerprint density at radius 1 is 1.08 bits per heavy atom. The van der Waals surface area contributed by atoms with Crippen LogP contribution in [0.1, 0.15) is 35.3 Å². The van der Waals surface area contributed by atoms with E-state index in [1.807, 2.05) is 55.5 Å². The fourth-order valence-electron chi connectivity index (χ4n) is 4.81. The highest BCUT2D eigenvalue weighted by molar-refractivity contribution is 7.89. The summed E-state index contributed by atoms with van der Waals surface area (Å²) >= 11 is 0. The molecule has 0 bridgehead atoms. The molecule has 4 rings (SSSR count). The maximum absolute atomic E-state index is 13.9. The number of aliphatic hydroxyl groups excluding tert-OH is 1. The van der Waals surface area contributed by atoms with Gasteiger partial charge in [0.15, 0.2) is 0 Å². The zero-order valence-corrected chi connectivity index (χ0v) is 23.1. The summed E-state index contributed by atoms with van der Waals surface area (Å²) in [5.74, 6) is -0.479. The minimum absolute atomic E-state index is 0.0277. The largest absolute Gasteiger partial charge is 0.394 e. The van der Waals surface area contributed by atoms with Crippen LogP contribution in [0.25, 0.3) is 11.1 Å². The van der Waals surface area contributed by atoms with Gasteiger partial charge in [-0.25, -0.2) is 8.42 Å². The van der Waals surface area contributed by atoms with Gasteiger partial charge < -0.3 is 14.7 Å². The number of hydrogen-bond acceptors (Lipinski definition) is 6. The van der Waals surface area contributed by atoms with Crippen LogP contribution in [0.4, 0.5) is 0 Å². The van der Waals surface area contributed by atoms with E-state index in [0.717, 1.165) is 16.7 Å². The number of carbonyl (C=O) groups is 1. The Hall–Kier alpha value is -3.55. The van der Waals surface area contributed by atoms with Crippen LogP contribution in [0, 0.1) is 17.2 Å². The highest BCUT2D eigenvalue weighted by Gasteiger charge is 2.32. The predicted molar refractivity (Wildman–Crippen MR) is 148 cm³/mol. The van der Waals surface area contributed by atoms with Gasteiger partial charge in [-0.1, -0.05) is 55.5 Å². The predicted octanol–water partition coefficient (Wildman–Crippen LogP) is 3.90. The fourth-order valence-corrected chi connectivity index (χ4v) is 6.04. The third-order valence-corrected chi connectivity index (χ3v) is 9.02. The molecule has 0 radical (unpaired) electrons. The number of sulfonamides is 1. The van der Waals surface area contributed by atoms with Crippen LogP contribution in [0.15, 0.2) is 77.7 Å². The van der Waals surface area contributed by atoms with E-state index in [9.17, 15) is 23.6 Å². The molecule has 0 fully saturated rings. The quantitative estimate of drug-likeness (QED) is 0.501. The Kier molecular flexibility index (Phi) is 8.83. The molecular formula is C30H33N3O5S. The second-order valence-corrected chi connectivity index (χ2v) is 12.0. The molecule has 0 aliphatic carbocycles. The normalized spacial score (nSPS) is 19.0. The summed E-state index contributed by atoms with van der Waals surface area (Å²) in [6.45, 7) is 4.00.